The second-order valence-electron chi connectivity index (χ2n) is 5.04. The molecule has 0 aromatic heterocycles. The van der Waals surface area contributed by atoms with Crippen molar-refractivity contribution in [1.82, 2.24) is 4.90 Å². The van der Waals surface area contributed by atoms with Gasteiger partial charge < -0.3 is 10.6 Å². The number of hydrogen-bond donors (Lipinski definition) is 1. The summed E-state index contributed by atoms with van der Waals surface area (Å²) in [4.78, 5) is 14.5. The first kappa shape index (κ1) is 17.6. The summed E-state index contributed by atoms with van der Waals surface area (Å²) in [6, 6.07) is 5.00. The van der Waals surface area contributed by atoms with Crippen LogP contribution in [-0.4, -0.2) is 29.4 Å². The highest BCUT2D eigenvalue weighted by molar-refractivity contribution is 6.35. The predicted octanol–water partition coefficient (Wildman–Crippen LogP) is 3.76. The van der Waals surface area contributed by atoms with E-state index in [0.717, 1.165) is 25.8 Å². The summed E-state index contributed by atoms with van der Waals surface area (Å²) in [5, 5.41) is 0.950. The van der Waals surface area contributed by atoms with Gasteiger partial charge in [0.1, 0.15) is 0 Å². The molecule has 2 rings (SSSR count). The van der Waals surface area contributed by atoms with Crippen molar-refractivity contribution in [3.05, 3.63) is 33.8 Å². The topological polar surface area (TPSA) is 46.3 Å². The minimum Gasteiger partial charge on any atom is -0.334 e. The maximum Gasteiger partial charge on any atom is 0.255 e. The molecule has 0 spiro atoms. The Labute approximate surface area is 135 Å². The van der Waals surface area contributed by atoms with Crippen LogP contribution in [0.4, 0.5) is 0 Å². The highest BCUT2D eigenvalue weighted by Crippen LogP contribution is 2.26. The highest BCUT2D eigenvalue weighted by Gasteiger charge is 2.30. The van der Waals surface area contributed by atoms with Crippen LogP contribution in [0.2, 0.25) is 10.0 Å². The standard InChI is InChI=1S/C14H18Cl2N2O.ClH/c1-9(17)13-4-2-3-7-18(13)14(19)11-8-10(15)5-6-12(11)16;/h5-6,8-9,13H,2-4,7,17H2,1H3;1H. The van der Waals surface area contributed by atoms with E-state index < -0.39 is 0 Å². The summed E-state index contributed by atoms with van der Waals surface area (Å²) in [7, 11) is 0. The minimum absolute atomic E-state index is 0. The van der Waals surface area contributed by atoms with E-state index in [-0.39, 0.29) is 30.4 Å². The van der Waals surface area contributed by atoms with Gasteiger partial charge in [0, 0.05) is 23.7 Å². The molecule has 0 aliphatic carbocycles. The molecule has 20 heavy (non-hydrogen) atoms. The zero-order chi connectivity index (χ0) is 14.0. The molecule has 1 saturated heterocycles. The third kappa shape index (κ3) is 3.79. The van der Waals surface area contributed by atoms with E-state index >= 15 is 0 Å². The lowest BCUT2D eigenvalue weighted by atomic mass is 9.96. The van der Waals surface area contributed by atoms with Gasteiger partial charge in [0.15, 0.2) is 0 Å². The molecule has 1 fully saturated rings. The quantitative estimate of drug-likeness (QED) is 0.893. The van der Waals surface area contributed by atoms with Crippen molar-refractivity contribution in [3.8, 4) is 0 Å². The fraction of sp³-hybridized carbons (Fsp3) is 0.500. The number of nitrogens with zero attached hydrogens (tertiary/aromatic N) is 1. The van der Waals surface area contributed by atoms with Gasteiger partial charge in [0.05, 0.1) is 10.6 Å². The van der Waals surface area contributed by atoms with Gasteiger partial charge in [-0.05, 0) is 44.4 Å². The SMILES string of the molecule is CC(N)C1CCCCN1C(=O)c1cc(Cl)ccc1Cl.Cl. The fourth-order valence-electron chi connectivity index (χ4n) is 2.57. The number of amides is 1. The normalized spacial score (nSPS) is 20.2. The van der Waals surface area contributed by atoms with E-state index in [9.17, 15) is 4.79 Å². The van der Waals surface area contributed by atoms with Crippen LogP contribution in [0.15, 0.2) is 18.2 Å². The lowest BCUT2D eigenvalue weighted by Gasteiger charge is -2.38. The molecule has 1 heterocycles. The largest absolute Gasteiger partial charge is 0.334 e. The van der Waals surface area contributed by atoms with Gasteiger partial charge >= 0.3 is 0 Å². The van der Waals surface area contributed by atoms with Crippen molar-refractivity contribution in [2.75, 3.05) is 6.54 Å². The van der Waals surface area contributed by atoms with Gasteiger partial charge in [0.2, 0.25) is 0 Å². The Balaban J connectivity index is 0.00000200. The number of carbonyl (C=O) groups is 1. The van der Waals surface area contributed by atoms with Crippen LogP contribution in [-0.2, 0) is 0 Å². The molecule has 2 N–H and O–H groups in total. The first-order valence-electron chi connectivity index (χ1n) is 6.52. The van der Waals surface area contributed by atoms with Gasteiger partial charge in [-0.1, -0.05) is 23.2 Å². The lowest BCUT2D eigenvalue weighted by molar-refractivity contribution is 0.0584. The molecule has 1 aliphatic heterocycles. The maximum absolute atomic E-state index is 12.6. The first-order chi connectivity index (χ1) is 9.00. The van der Waals surface area contributed by atoms with Crippen LogP contribution >= 0.6 is 35.6 Å². The number of hydrogen-bond acceptors (Lipinski definition) is 2. The average molecular weight is 338 g/mol. The third-order valence-corrected chi connectivity index (χ3v) is 4.14. The van der Waals surface area contributed by atoms with Crippen LogP contribution in [0, 0.1) is 0 Å². The number of rotatable bonds is 2. The molecule has 1 aromatic carbocycles. The molecule has 1 aliphatic rings. The molecule has 0 radical (unpaired) electrons. The van der Waals surface area contributed by atoms with Crippen LogP contribution < -0.4 is 5.73 Å². The van der Waals surface area contributed by atoms with Gasteiger partial charge in [0.25, 0.3) is 5.91 Å². The maximum atomic E-state index is 12.6. The van der Waals surface area contributed by atoms with Gasteiger partial charge in [-0.2, -0.15) is 0 Å². The molecule has 3 nitrogen and oxygen atoms in total. The zero-order valence-electron chi connectivity index (χ0n) is 11.3. The van der Waals surface area contributed by atoms with Crippen molar-refractivity contribution >= 4 is 41.5 Å². The molecular formula is C14H19Cl3N2O. The van der Waals surface area contributed by atoms with E-state index in [1.165, 1.54) is 0 Å². The molecular weight excluding hydrogens is 319 g/mol. The molecule has 112 valence electrons. The van der Waals surface area contributed by atoms with Crippen molar-refractivity contribution < 1.29 is 4.79 Å². The van der Waals surface area contributed by atoms with Gasteiger partial charge in [-0.15, -0.1) is 12.4 Å². The zero-order valence-corrected chi connectivity index (χ0v) is 13.6. The lowest BCUT2D eigenvalue weighted by Crippen LogP contribution is -2.51. The minimum atomic E-state index is -0.0745. The Bertz CT molecular complexity index is 479. The van der Waals surface area contributed by atoms with Crippen LogP contribution in [0.5, 0.6) is 0 Å². The Morgan fingerprint density at radius 1 is 1.40 bits per heavy atom. The summed E-state index contributed by atoms with van der Waals surface area (Å²) in [5.74, 6) is -0.0745. The molecule has 1 amide bonds. The molecule has 2 atom stereocenters. The van der Waals surface area contributed by atoms with Crippen molar-refractivity contribution in [2.45, 2.75) is 38.3 Å². The highest BCUT2D eigenvalue weighted by atomic mass is 35.5. The van der Waals surface area contributed by atoms with Crippen molar-refractivity contribution in [3.63, 3.8) is 0 Å². The number of likely N-dealkylation sites (tertiary alicyclic amines) is 1. The number of halogens is 3. The van der Waals surface area contributed by atoms with Crippen LogP contribution in [0.1, 0.15) is 36.5 Å². The molecule has 0 bridgehead atoms. The molecule has 1 aromatic rings. The van der Waals surface area contributed by atoms with Crippen molar-refractivity contribution in [1.29, 1.82) is 0 Å². The van der Waals surface area contributed by atoms with Crippen LogP contribution in [0.25, 0.3) is 0 Å². The summed E-state index contributed by atoms with van der Waals surface area (Å²) in [6.45, 7) is 2.67. The van der Waals surface area contributed by atoms with E-state index in [1.54, 1.807) is 18.2 Å². The second kappa shape index (κ2) is 7.51. The number of nitrogens with two attached hydrogens (primary N) is 1. The summed E-state index contributed by atoms with van der Waals surface area (Å²) >= 11 is 12.0. The molecule has 2 unspecified atom stereocenters. The monoisotopic (exact) mass is 336 g/mol. The Kier molecular flexibility index (Phi) is 6.59. The first-order valence-corrected chi connectivity index (χ1v) is 7.28. The average Bonchev–Trinajstić information content (AvgIpc) is 2.40. The molecule has 0 saturated carbocycles. The van der Waals surface area contributed by atoms with E-state index in [2.05, 4.69) is 0 Å². The molecule has 6 heteroatoms. The third-order valence-electron chi connectivity index (χ3n) is 3.58. The van der Waals surface area contributed by atoms with E-state index in [4.69, 9.17) is 28.9 Å². The summed E-state index contributed by atoms with van der Waals surface area (Å²) < 4.78 is 0. The predicted molar refractivity (Wildman–Crippen MR) is 86.0 cm³/mol. The Morgan fingerprint density at radius 3 is 2.75 bits per heavy atom. The smallest absolute Gasteiger partial charge is 0.255 e. The number of carbonyl (C=O) groups excluding carboxylic acids is 1. The van der Waals surface area contributed by atoms with Crippen molar-refractivity contribution in [2.24, 2.45) is 5.73 Å². The Morgan fingerprint density at radius 2 is 2.10 bits per heavy atom. The fourth-order valence-corrected chi connectivity index (χ4v) is 2.94. The second-order valence-corrected chi connectivity index (χ2v) is 5.89. The summed E-state index contributed by atoms with van der Waals surface area (Å²) in [5.41, 5.74) is 6.45. The van der Waals surface area contributed by atoms with E-state index in [1.807, 2.05) is 11.8 Å². The summed E-state index contributed by atoms with van der Waals surface area (Å²) in [6.07, 6.45) is 3.06. The van der Waals surface area contributed by atoms with Gasteiger partial charge in [-0.25, -0.2) is 0 Å². The van der Waals surface area contributed by atoms with Crippen LogP contribution in [0.3, 0.4) is 0 Å². The number of piperidine rings is 1. The Hall–Kier alpha value is -0.480. The van der Waals surface area contributed by atoms with Gasteiger partial charge in [-0.3, -0.25) is 4.79 Å². The van der Waals surface area contributed by atoms with E-state index in [0.29, 0.717) is 15.6 Å². The number of benzene rings is 1.